The first-order valence-electron chi connectivity index (χ1n) is 12.6. The van der Waals surface area contributed by atoms with Gasteiger partial charge < -0.3 is 4.74 Å². The van der Waals surface area contributed by atoms with E-state index in [9.17, 15) is 4.79 Å². The average Bonchev–Trinajstić information content (AvgIpc) is 2.75. The highest BCUT2D eigenvalue weighted by Gasteiger charge is 2.02. The predicted molar refractivity (Wildman–Crippen MR) is 137 cm³/mol. The largest absolute Gasteiger partial charge is 0.465 e. The summed E-state index contributed by atoms with van der Waals surface area (Å²) in [7, 11) is 0. The fourth-order valence-corrected chi connectivity index (χ4v) is 2.81. The van der Waals surface area contributed by atoms with Crippen LogP contribution >= 0.6 is 0 Å². The van der Waals surface area contributed by atoms with Crippen LogP contribution in [0.15, 0.2) is 60.8 Å². The van der Waals surface area contributed by atoms with Crippen molar-refractivity contribution < 1.29 is 9.53 Å². The summed E-state index contributed by atoms with van der Waals surface area (Å²) in [5, 5.41) is 0. The van der Waals surface area contributed by atoms with Gasteiger partial charge in [0.15, 0.2) is 0 Å². The van der Waals surface area contributed by atoms with Crippen molar-refractivity contribution in [2.75, 3.05) is 6.61 Å². The van der Waals surface area contributed by atoms with Crippen LogP contribution in [0.2, 0.25) is 0 Å². The van der Waals surface area contributed by atoms with Gasteiger partial charge in [0.1, 0.15) is 0 Å². The summed E-state index contributed by atoms with van der Waals surface area (Å²) in [6.07, 6.45) is 36.6. The highest BCUT2D eigenvalue weighted by molar-refractivity contribution is 5.69. The highest BCUT2D eigenvalue weighted by atomic mass is 16.5. The molecule has 0 spiro atoms. The maximum Gasteiger partial charge on any atom is 0.305 e. The van der Waals surface area contributed by atoms with E-state index in [0.717, 1.165) is 57.8 Å². The fraction of sp³-hybridized carbons (Fsp3) is 0.621. The van der Waals surface area contributed by atoms with Gasteiger partial charge in [0, 0.05) is 6.42 Å². The van der Waals surface area contributed by atoms with Crippen LogP contribution in [0, 0.1) is 5.92 Å². The van der Waals surface area contributed by atoms with E-state index in [1.807, 2.05) is 0 Å². The summed E-state index contributed by atoms with van der Waals surface area (Å²) in [5.74, 6) is 0.342. The van der Waals surface area contributed by atoms with Gasteiger partial charge in [0.25, 0.3) is 0 Å². The van der Waals surface area contributed by atoms with E-state index < -0.39 is 0 Å². The molecule has 0 atom stereocenters. The molecule has 0 aromatic rings. The lowest BCUT2D eigenvalue weighted by Gasteiger charge is -2.06. The molecule has 0 unspecified atom stereocenters. The summed E-state index contributed by atoms with van der Waals surface area (Å²) in [6, 6.07) is 0. The Balaban J connectivity index is 3.43. The molecule has 2 heteroatoms. The van der Waals surface area contributed by atoms with Gasteiger partial charge in [-0.1, -0.05) is 88.0 Å². The van der Waals surface area contributed by atoms with Crippen molar-refractivity contribution >= 4 is 5.97 Å². The molecule has 0 amide bonds. The molecular weight excluding hydrogens is 380 g/mol. The van der Waals surface area contributed by atoms with Gasteiger partial charge in [-0.2, -0.15) is 0 Å². The number of rotatable bonds is 20. The molecule has 0 rings (SSSR count). The summed E-state index contributed by atoms with van der Waals surface area (Å²) < 4.78 is 5.17. The molecule has 0 saturated heterocycles. The van der Waals surface area contributed by atoms with Gasteiger partial charge in [-0.3, -0.25) is 4.79 Å². The third-order valence-corrected chi connectivity index (χ3v) is 4.62. The molecule has 0 aliphatic rings. The molecule has 0 bridgehead atoms. The molecular formula is C29H48O2. The Morgan fingerprint density at radius 1 is 0.613 bits per heavy atom. The highest BCUT2D eigenvalue weighted by Crippen LogP contribution is 2.04. The minimum atomic E-state index is -0.0682. The second kappa shape index (κ2) is 24.4. The lowest BCUT2D eigenvalue weighted by atomic mass is 10.2. The number of hydrogen-bond acceptors (Lipinski definition) is 2. The van der Waals surface area contributed by atoms with Crippen molar-refractivity contribution in [2.45, 2.75) is 104 Å². The van der Waals surface area contributed by atoms with E-state index in [-0.39, 0.29) is 5.97 Å². The average molecular weight is 429 g/mol. The molecule has 0 heterocycles. The standard InChI is InChI=1S/C29H48O2/c1-4-5-6-7-8-9-10-11-12-13-14-15-16-17-18-19-20-21-22-23-24-25-26-29(30)31-27-28(2)3/h6-7,10-11,14-15,18-19,22-23,28H,4-5,8-9,12-13,16-17,20-21,24-27H2,1-3H3/b7-6-,11-10-,15-14-,19-18-,23-22-. The van der Waals surface area contributed by atoms with E-state index in [1.165, 1.54) is 19.3 Å². The minimum Gasteiger partial charge on any atom is -0.465 e. The van der Waals surface area contributed by atoms with E-state index >= 15 is 0 Å². The van der Waals surface area contributed by atoms with Gasteiger partial charge in [-0.05, 0) is 76.5 Å². The number of allylic oxidation sites excluding steroid dienone is 10. The number of esters is 1. The quantitative estimate of drug-likeness (QED) is 0.110. The minimum absolute atomic E-state index is 0.0682. The number of unbranched alkanes of at least 4 members (excludes halogenated alkanes) is 6. The van der Waals surface area contributed by atoms with E-state index in [0.29, 0.717) is 18.9 Å². The first-order valence-corrected chi connectivity index (χ1v) is 12.6. The van der Waals surface area contributed by atoms with E-state index in [4.69, 9.17) is 4.74 Å². The Hall–Kier alpha value is -1.83. The van der Waals surface area contributed by atoms with Crippen LogP contribution in [-0.4, -0.2) is 12.6 Å². The lowest BCUT2D eigenvalue weighted by Crippen LogP contribution is -2.09. The SMILES string of the molecule is CCC/C=C\CC/C=C\CC/C=C\CC/C=C\CC/C=C\CCCC(=O)OCC(C)C. The number of carbonyl (C=O) groups excluding carboxylic acids is 1. The first-order chi connectivity index (χ1) is 15.2. The smallest absolute Gasteiger partial charge is 0.305 e. The summed E-state index contributed by atoms with van der Waals surface area (Å²) in [6.45, 7) is 6.85. The Morgan fingerprint density at radius 3 is 1.32 bits per heavy atom. The maximum atomic E-state index is 11.5. The molecule has 0 radical (unpaired) electrons. The Bertz CT molecular complexity index is 535. The van der Waals surface area contributed by atoms with Crippen LogP contribution < -0.4 is 0 Å². The van der Waals surface area contributed by atoms with Crippen LogP contribution in [0.4, 0.5) is 0 Å². The van der Waals surface area contributed by atoms with Crippen molar-refractivity contribution in [3.63, 3.8) is 0 Å². The number of carbonyl (C=O) groups is 1. The normalized spacial score (nSPS) is 12.6. The molecule has 0 fully saturated rings. The van der Waals surface area contributed by atoms with Gasteiger partial charge in [0.05, 0.1) is 6.61 Å². The zero-order chi connectivity index (χ0) is 22.8. The zero-order valence-electron chi connectivity index (χ0n) is 20.6. The summed E-state index contributed by atoms with van der Waals surface area (Å²) in [5.41, 5.74) is 0. The lowest BCUT2D eigenvalue weighted by molar-refractivity contribution is -0.144. The molecule has 0 aromatic carbocycles. The molecule has 0 N–H and O–H groups in total. The van der Waals surface area contributed by atoms with E-state index in [1.54, 1.807) is 0 Å². The summed E-state index contributed by atoms with van der Waals surface area (Å²) in [4.78, 5) is 11.5. The second-order valence-corrected chi connectivity index (χ2v) is 8.42. The van der Waals surface area contributed by atoms with Gasteiger partial charge in [-0.25, -0.2) is 0 Å². The third-order valence-electron chi connectivity index (χ3n) is 4.62. The molecule has 0 aliphatic carbocycles. The van der Waals surface area contributed by atoms with Crippen molar-refractivity contribution in [2.24, 2.45) is 5.92 Å². The van der Waals surface area contributed by atoms with Crippen molar-refractivity contribution in [1.29, 1.82) is 0 Å². The van der Waals surface area contributed by atoms with Gasteiger partial charge in [-0.15, -0.1) is 0 Å². The fourth-order valence-electron chi connectivity index (χ4n) is 2.81. The maximum absolute atomic E-state index is 11.5. The van der Waals surface area contributed by atoms with Crippen LogP contribution in [0.3, 0.4) is 0 Å². The Kier molecular flexibility index (Phi) is 23.0. The number of hydrogen-bond donors (Lipinski definition) is 0. The third kappa shape index (κ3) is 26.1. The van der Waals surface area contributed by atoms with Crippen molar-refractivity contribution in [3.05, 3.63) is 60.8 Å². The summed E-state index contributed by atoms with van der Waals surface area (Å²) >= 11 is 0. The van der Waals surface area contributed by atoms with Crippen LogP contribution in [-0.2, 0) is 9.53 Å². The second-order valence-electron chi connectivity index (χ2n) is 8.42. The van der Waals surface area contributed by atoms with Crippen LogP contribution in [0.1, 0.15) is 104 Å². The molecule has 31 heavy (non-hydrogen) atoms. The molecule has 176 valence electrons. The molecule has 0 aromatic heterocycles. The monoisotopic (exact) mass is 428 g/mol. The van der Waals surface area contributed by atoms with Crippen LogP contribution in [0.5, 0.6) is 0 Å². The predicted octanol–water partition coefficient (Wildman–Crippen LogP) is 9.06. The Labute approximate surface area is 193 Å². The van der Waals surface area contributed by atoms with E-state index in [2.05, 4.69) is 81.5 Å². The molecule has 0 aliphatic heterocycles. The topological polar surface area (TPSA) is 26.3 Å². The number of ether oxygens (including phenoxy) is 1. The van der Waals surface area contributed by atoms with Gasteiger partial charge >= 0.3 is 5.97 Å². The first kappa shape index (κ1) is 29.2. The van der Waals surface area contributed by atoms with Crippen molar-refractivity contribution in [3.8, 4) is 0 Å². The van der Waals surface area contributed by atoms with Crippen LogP contribution in [0.25, 0.3) is 0 Å². The molecule has 2 nitrogen and oxygen atoms in total. The van der Waals surface area contributed by atoms with Crippen molar-refractivity contribution in [1.82, 2.24) is 0 Å². The Morgan fingerprint density at radius 2 is 0.968 bits per heavy atom. The zero-order valence-corrected chi connectivity index (χ0v) is 20.6. The molecule has 0 saturated carbocycles. The van der Waals surface area contributed by atoms with Gasteiger partial charge in [0.2, 0.25) is 0 Å².